The van der Waals surface area contributed by atoms with E-state index in [1.54, 1.807) is 6.20 Å². The second-order valence-electron chi connectivity index (χ2n) is 6.68. The first kappa shape index (κ1) is 17.4. The standard InChI is InChI=1S/C18H23N5OS/c1-11(2)6-12-7-13-14(9-16(19)25)21-22-18(13)15(8-12)24-10-17-20-4-5-23(17)3/h4-5,7-8,11H,6,9-10H2,1-3H3,(H2,19,25)(H,21,22). The van der Waals surface area contributed by atoms with Crippen LogP contribution in [0.1, 0.15) is 30.9 Å². The van der Waals surface area contributed by atoms with Crippen LogP contribution in [-0.4, -0.2) is 24.7 Å². The van der Waals surface area contributed by atoms with Gasteiger partial charge in [0.1, 0.15) is 23.7 Å². The van der Waals surface area contributed by atoms with Gasteiger partial charge in [-0.25, -0.2) is 4.98 Å². The number of benzene rings is 1. The molecule has 25 heavy (non-hydrogen) atoms. The third-order valence-corrected chi connectivity index (χ3v) is 4.18. The SMILES string of the molecule is CC(C)Cc1cc(OCc2nccn2C)c2n[nH]c(CC(N)=S)c2c1. The lowest BCUT2D eigenvalue weighted by Crippen LogP contribution is -2.11. The van der Waals surface area contributed by atoms with Crippen LogP contribution in [0.3, 0.4) is 0 Å². The number of fused-ring (bicyclic) bond motifs is 1. The molecular weight excluding hydrogens is 334 g/mol. The van der Waals surface area contributed by atoms with Crippen molar-refractivity contribution in [2.75, 3.05) is 0 Å². The number of nitrogens with two attached hydrogens (primary N) is 1. The number of H-pyrrole nitrogens is 1. The monoisotopic (exact) mass is 357 g/mol. The fourth-order valence-corrected chi connectivity index (χ4v) is 3.02. The van der Waals surface area contributed by atoms with Gasteiger partial charge in [0.15, 0.2) is 0 Å². The van der Waals surface area contributed by atoms with Crippen LogP contribution in [0.2, 0.25) is 0 Å². The zero-order chi connectivity index (χ0) is 18.0. The molecule has 0 unspecified atom stereocenters. The summed E-state index contributed by atoms with van der Waals surface area (Å²) < 4.78 is 8.00. The normalized spacial score (nSPS) is 11.4. The molecule has 0 bridgehead atoms. The maximum absolute atomic E-state index is 6.06. The van der Waals surface area contributed by atoms with E-state index in [1.165, 1.54) is 5.56 Å². The molecule has 3 N–H and O–H groups in total. The van der Waals surface area contributed by atoms with E-state index in [2.05, 4.69) is 41.2 Å². The molecule has 3 rings (SSSR count). The predicted octanol–water partition coefficient (Wildman–Crippen LogP) is 2.90. The predicted molar refractivity (Wildman–Crippen MR) is 103 cm³/mol. The fourth-order valence-electron chi connectivity index (χ4n) is 2.88. The summed E-state index contributed by atoms with van der Waals surface area (Å²) in [5.74, 6) is 2.16. The lowest BCUT2D eigenvalue weighted by Gasteiger charge is -2.11. The highest BCUT2D eigenvalue weighted by molar-refractivity contribution is 7.80. The molecule has 0 fully saturated rings. The highest BCUT2D eigenvalue weighted by atomic mass is 32.1. The molecule has 0 saturated carbocycles. The van der Waals surface area contributed by atoms with Gasteiger partial charge in [-0.15, -0.1) is 0 Å². The summed E-state index contributed by atoms with van der Waals surface area (Å²) in [5, 5.41) is 8.49. The Hall–Kier alpha value is -2.41. The summed E-state index contributed by atoms with van der Waals surface area (Å²) in [4.78, 5) is 4.74. The maximum Gasteiger partial charge on any atom is 0.148 e. The third-order valence-electron chi connectivity index (χ3n) is 4.04. The zero-order valence-corrected chi connectivity index (χ0v) is 15.6. The largest absolute Gasteiger partial charge is 0.483 e. The molecular formula is C18H23N5OS. The van der Waals surface area contributed by atoms with Gasteiger partial charge in [-0.2, -0.15) is 5.10 Å². The summed E-state index contributed by atoms with van der Waals surface area (Å²) in [7, 11) is 1.95. The number of aryl methyl sites for hydroxylation is 1. The van der Waals surface area contributed by atoms with E-state index in [4.69, 9.17) is 22.7 Å². The van der Waals surface area contributed by atoms with Gasteiger partial charge >= 0.3 is 0 Å². The van der Waals surface area contributed by atoms with E-state index in [-0.39, 0.29) is 0 Å². The van der Waals surface area contributed by atoms with Crippen molar-refractivity contribution in [2.24, 2.45) is 18.7 Å². The van der Waals surface area contributed by atoms with Crippen LogP contribution in [-0.2, 0) is 26.5 Å². The Bertz CT molecular complexity index is 896. The second-order valence-corrected chi connectivity index (χ2v) is 7.20. The molecule has 0 aliphatic carbocycles. The minimum Gasteiger partial charge on any atom is -0.483 e. The molecule has 0 radical (unpaired) electrons. The van der Waals surface area contributed by atoms with Gasteiger partial charge < -0.3 is 15.0 Å². The van der Waals surface area contributed by atoms with Gasteiger partial charge in [-0.3, -0.25) is 5.10 Å². The van der Waals surface area contributed by atoms with Crippen LogP contribution < -0.4 is 10.5 Å². The van der Waals surface area contributed by atoms with Crippen LogP contribution in [0, 0.1) is 5.92 Å². The molecule has 0 saturated heterocycles. The second kappa shape index (κ2) is 7.23. The minimum absolute atomic E-state index is 0.390. The van der Waals surface area contributed by atoms with Crippen molar-refractivity contribution in [3.63, 3.8) is 0 Å². The van der Waals surface area contributed by atoms with Gasteiger partial charge in [-0.05, 0) is 30.0 Å². The van der Waals surface area contributed by atoms with Gasteiger partial charge in [0.05, 0.1) is 4.99 Å². The molecule has 0 aliphatic rings. The molecule has 2 aromatic heterocycles. The third kappa shape index (κ3) is 3.99. The first-order chi connectivity index (χ1) is 11.9. The summed E-state index contributed by atoms with van der Waals surface area (Å²) in [5.41, 5.74) is 8.65. The number of ether oxygens (including phenoxy) is 1. The minimum atomic E-state index is 0.390. The van der Waals surface area contributed by atoms with E-state index < -0.39 is 0 Å². The average Bonchev–Trinajstić information content (AvgIpc) is 3.11. The van der Waals surface area contributed by atoms with Crippen molar-refractivity contribution in [3.8, 4) is 5.75 Å². The van der Waals surface area contributed by atoms with Crippen LogP contribution in [0.15, 0.2) is 24.5 Å². The van der Waals surface area contributed by atoms with Crippen LogP contribution in [0.5, 0.6) is 5.75 Å². The number of nitrogens with one attached hydrogen (secondary N) is 1. The molecule has 2 heterocycles. The zero-order valence-electron chi connectivity index (χ0n) is 14.7. The Balaban J connectivity index is 1.98. The molecule has 7 heteroatoms. The molecule has 132 valence electrons. The Morgan fingerprint density at radius 2 is 2.20 bits per heavy atom. The van der Waals surface area contributed by atoms with Gasteiger partial charge in [0, 0.05) is 36.9 Å². The van der Waals surface area contributed by atoms with Crippen molar-refractivity contribution >= 4 is 28.1 Å². The van der Waals surface area contributed by atoms with Crippen molar-refractivity contribution in [2.45, 2.75) is 33.3 Å². The van der Waals surface area contributed by atoms with Crippen molar-refractivity contribution in [1.82, 2.24) is 19.7 Å². The number of aromatic amines is 1. The molecule has 0 aliphatic heterocycles. The van der Waals surface area contributed by atoms with E-state index in [0.29, 0.717) is 23.9 Å². The lowest BCUT2D eigenvalue weighted by molar-refractivity contribution is 0.294. The number of nitrogens with zero attached hydrogens (tertiary/aromatic N) is 3. The molecule has 0 amide bonds. The lowest BCUT2D eigenvalue weighted by atomic mass is 10.00. The fraction of sp³-hybridized carbons (Fsp3) is 0.389. The topological polar surface area (TPSA) is 81.8 Å². The summed E-state index contributed by atoms with van der Waals surface area (Å²) in [6.07, 6.45) is 5.12. The van der Waals surface area contributed by atoms with E-state index >= 15 is 0 Å². The number of hydrogen-bond acceptors (Lipinski definition) is 4. The summed E-state index contributed by atoms with van der Waals surface area (Å²) >= 11 is 5.05. The van der Waals surface area contributed by atoms with Gasteiger partial charge in [0.25, 0.3) is 0 Å². The molecule has 0 spiro atoms. The Labute approximate surface area is 152 Å². The molecule has 6 nitrogen and oxygen atoms in total. The smallest absolute Gasteiger partial charge is 0.148 e. The van der Waals surface area contributed by atoms with Crippen LogP contribution in [0.4, 0.5) is 0 Å². The van der Waals surface area contributed by atoms with Gasteiger partial charge in [-0.1, -0.05) is 26.1 Å². The van der Waals surface area contributed by atoms with Gasteiger partial charge in [0.2, 0.25) is 0 Å². The summed E-state index contributed by atoms with van der Waals surface area (Å²) in [6.45, 7) is 4.79. The van der Waals surface area contributed by atoms with E-state index in [9.17, 15) is 0 Å². The molecule has 0 atom stereocenters. The Morgan fingerprint density at radius 3 is 2.84 bits per heavy atom. The Kier molecular flexibility index (Phi) is 5.03. The highest BCUT2D eigenvalue weighted by Gasteiger charge is 2.15. The highest BCUT2D eigenvalue weighted by Crippen LogP contribution is 2.30. The first-order valence-electron chi connectivity index (χ1n) is 8.31. The van der Waals surface area contributed by atoms with Crippen molar-refractivity contribution in [3.05, 3.63) is 41.6 Å². The summed E-state index contributed by atoms with van der Waals surface area (Å²) in [6, 6.07) is 4.22. The quantitative estimate of drug-likeness (QED) is 0.636. The van der Waals surface area contributed by atoms with E-state index in [1.807, 2.05) is 17.8 Å². The number of rotatable bonds is 7. The van der Waals surface area contributed by atoms with Crippen LogP contribution in [0.25, 0.3) is 10.9 Å². The maximum atomic E-state index is 6.06. The van der Waals surface area contributed by atoms with Crippen molar-refractivity contribution in [1.29, 1.82) is 0 Å². The number of hydrogen-bond donors (Lipinski definition) is 2. The average molecular weight is 357 g/mol. The number of thiocarbonyl (C=S) groups is 1. The van der Waals surface area contributed by atoms with Crippen molar-refractivity contribution < 1.29 is 4.74 Å². The van der Waals surface area contributed by atoms with E-state index in [0.717, 1.165) is 34.6 Å². The Morgan fingerprint density at radius 1 is 1.40 bits per heavy atom. The first-order valence-corrected chi connectivity index (χ1v) is 8.72. The van der Waals surface area contributed by atoms with Crippen LogP contribution >= 0.6 is 12.2 Å². The molecule has 1 aromatic carbocycles. The number of imidazole rings is 1. The molecule has 3 aromatic rings. The number of aromatic nitrogens is 4.